The zero-order valence-electron chi connectivity index (χ0n) is 4.38. The predicted octanol–water partition coefficient (Wildman–Crippen LogP) is -0.924. The lowest BCUT2D eigenvalue weighted by Crippen LogP contribution is -2.80. The first-order chi connectivity index (χ1) is 3.18. The summed E-state index contributed by atoms with van der Waals surface area (Å²) < 4.78 is 1.22. The van der Waals surface area contributed by atoms with Crippen molar-refractivity contribution in [1.29, 1.82) is 0 Å². The lowest BCUT2D eigenvalue weighted by atomic mass is 10.9. The Morgan fingerprint density at radius 3 is 2.14 bits per heavy atom. The number of primary amides is 1. The number of amides is 2. The van der Waals surface area contributed by atoms with Crippen molar-refractivity contribution < 1.29 is 9.52 Å². The van der Waals surface area contributed by atoms with Crippen molar-refractivity contribution in [2.24, 2.45) is 0 Å². The molecule has 0 radical (unpaired) electrons. The Hall–Kier alpha value is -0.220. The van der Waals surface area contributed by atoms with E-state index in [9.17, 15) is 4.79 Å². The molecular weight excluding hydrogens is 112 g/mol. The molecule has 0 atom stereocenters. The van der Waals surface area contributed by atoms with Gasteiger partial charge in [0, 0.05) is 14.1 Å². The highest BCUT2D eigenvalue weighted by molar-refractivity contribution is 7.73. The first kappa shape index (κ1) is 6.78. The quantitative estimate of drug-likeness (QED) is 0.399. The fraction of sp³-hybridized carbons (Fsp3) is 0.667. The molecule has 42 valence electrons. The molecule has 0 fully saturated rings. The Bertz CT molecular complexity index is 73.3. The molecule has 0 rings (SSSR count). The lowest BCUT2D eigenvalue weighted by Gasteiger charge is -2.00. The number of hydrogen-bond donors (Lipinski definition) is 2. The number of urea groups is 1. The fourth-order valence-electron chi connectivity index (χ4n) is 0.115. The van der Waals surface area contributed by atoms with Gasteiger partial charge in [0.2, 0.25) is 0 Å². The molecule has 0 saturated heterocycles. The summed E-state index contributed by atoms with van der Waals surface area (Å²) in [5.74, 6) is 0. The van der Waals surface area contributed by atoms with Gasteiger partial charge in [0.05, 0.1) is 12.8 Å². The van der Waals surface area contributed by atoms with Crippen LogP contribution in [0.2, 0.25) is 0 Å². The van der Waals surface area contributed by atoms with Crippen LogP contribution in [-0.2, 0) is 0 Å². The summed E-state index contributed by atoms with van der Waals surface area (Å²) in [5, 5.41) is 0. The standard InChI is InChI=1S/C3H8N2OS/c1-5(2)3(6)4-7/h7H,1-2H3,(H,4,6)/p+1. The topological polar surface area (TPSA) is 36.9 Å². The minimum atomic E-state index is -0.0802. The monoisotopic (exact) mass is 121 g/mol. The Morgan fingerprint density at radius 1 is 1.71 bits per heavy atom. The molecule has 0 spiro atoms. The third-order valence-corrected chi connectivity index (χ3v) is 0.772. The molecule has 0 heterocycles. The van der Waals surface area contributed by atoms with E-state index in [1.165, 1.54) is 9.62 Å². The molecule has 4 heteroatoms. The molecule has 7 heavy (non-hydrogen) atoms. The first-order valence-corrected chi connectivity index (χ1v) is 2.39. The van der Waals surface area contributed by atoms with Crippen molar-refractivity contribution >= 4 is 18.8 Å². The molecule has 3 nitrogen and oxygen atoms in total. The van der Waals surface area contributed by atoms with Gasteiger partial charge < -0.3 is 0 Å². The average Bonchev–Trinajstić information content (AvgIpc) is 1.65. The SMILES string of the molecule is CN(C)C(=O)[NH2+]S. The number of nitrogens with zero attached hydrogens (tertiary/aromatic N) is 1. The van der Waals surface area contributed by atoms with Gasteiger partial charge in [-0.1, -0.05) is 0 Å². The maximum atomic E-state index is 10.3. The number of thiol groups is 1. The van der Waals surface area contributed by atoms with Gasteiger partial charge in [-0.3, -0.25) is 4.90 Å². The van der Waals surface area contributed by atoms with Crippen LogP contribution >= 0.6 is 12.8 Å². The van der Waals surface area contributed by atoms with E-state index in [0.717, 1.165) is 0 Å². The van der Waals surface area contributed by atoms with Crippen molar-refractivity contribution in [3.05, 3.63) is 0 Å². The van der Waals surface area contributed by atoms with Crippen LogP contribution in [0.15, 0.2) is 0 Å². The van der Waals surface area contributed by atoms with Crippen molar-refractivity contribution in [1.82, 2.24) is 4.90 Å². The van der Waals surface area contributed by atoms with Gasteiger partial charge >= 0.3 is 6.03 Å². The molecular formula is C3H9N2OS+. The molecule has 0 aliphatic carbocycles. The highest BCUT2D eigenvalue weighted by atomic mass is 32.1. The smallest absolute Gasteiger partial charge is 0.298 e. The summed E-state index contributed by atoms with van der Waals surface area (Å²) in [7, 11) is 3.35. The number of rotatable bonds is 0. The Labute approximate surface area is 48.2 Å². The maximum Gasteiger partial charge on any atom is 0.426 e. The molecule has 0 aliphatic rings. The van der Waals surface area contributed by atoms with Gasteiger partial charge in [0.25, 0.3) is 0 Å². The van der Waals surface area contributed by atoms with Crippen LogP contribution in [0, 0.1) is 0 Å². The van der Waals surface area contributed by atoms with E-state index in [4.69, 9.17) is 0 Å². The van der Waals surface area contributed by atoms with Crippen LogP contribution in [-0.4, -0.2) is 25.0 Å². The highest BCUT2D eigenvalue weighted by Gasteiger charge is 2.01. The molecule has 2 amide bonds. The van der Waals surface area contributed by atoms with Crippen LogP contribution in [0.3, 0.4) is 0 Å². The first-order valence-electron chi connectivity index (χ1n) is 1.87. The molecule has 0 unspecified atom stereocenters. The number of carbonyl (C=O) groups excluding carboxylic acids is 1. The van der Waals surface area contributed by atoms with E-state index in [0.29, 0.717) is 0 Å². The molecule has 2 N–H and O–H groups in total. The third-order valence-electron chi connectivity index (χ3n) is 0.551. The van der Waals surface area contributed by atoms with Gasteiger partial charge in [-0.25, -0.2) is 9.52 Å². The van der Waals surface area contributed by atoms with E-state index < -0.39 is 0 Å². The van der Waals surface area contributed by atoms with Crippen molar-refractivity contribution in [2.45, 2.75) is 0 Å². The number of carbonyl (C=O) groups is 1. The lowest BCUT2D eigenvalue weighted by molar-refractivity contribution is -0.370. The van der Waals surface area contributed by atoms with Crippen molar-refractivity contribution in [2.75, 3.05) is 14.1 Å². The van der Waals surface area contributed by atoms with Crippen LogP contribution in [0.4, 0.5) is 4.79 Å². The zero-order chi connectivity index (χ0) is 5.86. The van der Waals surface area contributed by atoms with E-state index in [1.807, 2.05) is 0 Å². The summed E-state index contributed by atoms with van der Waals surface area (Å²) in [6.45, 7) is 0. The Kier molecular flexibility index (Phi) is 2.78. The minimum absolute atomic E-state index is 0.0802. The Balaban J connectivity index is 3.35. The summed E-state index contributed by atoms with van der Waals surface area (Å²) in [6, 6.07) is -0.0802. The summed E-state index contributed by atoms with van der Waals surface area (Å²) in [5.41, 5.74) is 0. The highest BCUT2D eigenvalue weighted by Crippen LogP contribution is 1.66. The second kappa shape index (κ2) is 2.87. The van der Waals surface area contributed by atoms with Gasteiger partial charge in [0.15, 0.2) is 0 Å². The maximum absolute atomic E-state index is 10.3. The number of hydrogen-bond acceptors (Lipinski definition) is 2. The predicted molar refractivity (Wildman–Crippen MR) is 30.0 cm³/mol. The largest absolute Gasteiger partial charge is 0.426 e. The van der Waals surface area contributed by atoms with Gasteiger partial charge in [-0.05, 0) is 0 Å². The molecule has 0 aromatic carbocycles. The normalized spacial score (nSPS) is 8.43. The van der Waals surface area contributed by atoms with Gasteiger partial charge in [0.1, 0.15) is 0 Å². The molecule has 0 aromatic rings. The fourth-order valence-corrected chi connectivity index (χ4v) is 0.346. The molecule has 0 aromatic heterocycles. The van der Waals surface area contributed by atoms with Crippen LogP contribution in [0.25, 0.3) is 0 Å². The summed E-state index contributed by atoms with van der Waals surface area (Å²) >= 11 is 3.64. The van der Waals surface area contributed by atoms with Crippen LogP contribution in [0.1, 0.15) is 0 Å². The zero-order valence-corrected chi connectivity index (χ0v) is 5.27. The van der Waals surface area contributed by atoms with E-state index in [1.54, 1.807) is 14.1 Å². The summed E-state index contributed by atoms with van der Waals surface area (Å²) in [6.07, 6.45) is 0. The minimum Gasteiger partial charge on any atom is -0.298 e. The third kappa shape index (κ3) is 2.47. The van der Waals surface area contributed by atoms with Gasteiger partial charge in [-0.2, -0.15) is 0 Å². The average molecular weight is 121 g/mol. The second-order valence-corrected chi connectivity index (χ2v) is 1.62. The number of quaternary nitrogens is 1. The Morgan fingerprint density at radius 2 is 2.14 bits per heavy atom. The van der Waals surface area contributed by atoms with Gasteiger partial charge in [-0.15, -0.1) is 0 Å². The summed E-state index contributed by atoms with van der Waals surface area (Å²) in [4.78, 5) is 11.8. The van der Waals surface area contributed by atoms with Crippen LogP contribution in [0.5, 0.6) is 0 Å². The van der Waals surface area contributed by atoms with Crippen molar-refractivity contribution in [3.63, 3.8) is 0 Å². The van der Waals surface area contributed by atoms with E-state index >= 15 is 0 Å². The van der Waals surface area contributed by atoms with Crippen LogP contribution < -0.4 is 4.72 Å². The molecule has 0 bridgehead atoms. The number of nitrogens with two attached hydrogens (primary N) is 1. The molecule has 0 aliphatic heterocycles. The van der Waals surface area contributed by atoms with E-state index in [-0.39, 0.29) is 6.03 Å². The second-order valence-electron chi connectivity index (χ2n) is 1.36. The van der Waals surface area contributed by atoms with Crippen molar-refractivity contribution in [3.8, 4) is 0 Å². The molecule has 0 saturated carbocycles. The van der Waals surface area contributed by atoms with E-state index in [2.05, 4.69) is 12.8 Å².